The van der Waals surface area contributed by atoms with Crippen LogP contribution >= 0.6 is 11.8 Å². The highest BCUT2D eigenvalue weighted by Crippen LogP contribution is 2.30. The van der Waals surface area contributed by atoms with E-state index in [-0.39, 0.29) is 11.6 Å². The molecule has 1 heterocycles. The molecule has 3 N–H and O–H groups in total. The molecule has 0 amide bonds. The molecule has 0 bridgehead atoms. The van der Waals surface area contributed by atoms with Gasteiger partial charge in [0.2, 0.25) is 0 Å². The monoisotopic (exact) mass is 350 g/mol. The number of hydrogen-bond donors (Lipinski definition) is 2. The third-order valence-corrected chi connectivity index (χ3v) is 4.37. The third-order valence-electron chi connectivity index (χ3n) is 3.55. The van der Waals surface area contributed by atoms with Crippen LogP contribution in [0.5, 0.6) is 11.5 Å². The van der Waals surface area contributed by atoms with E-state index in [0.717, 1.165) is 6.42 Å². The van der Waals surface area contributed by atoms with E-state index >= 15 is 0 Å². The lowest BCUT2D eigenvalue weighted by molar-refractivity contribution is 0.355. The van der Waals surface area contributed by atoms with Crippen molar-refractivity contribution in [3.8, 4) is 11.5 Å². The molecule has 2 aromatic rings. The molecule has 0 spiro atoms. The van der Waals surface area contributed by atoms with Crippen LogP contribution in [0.2, 0.25) is 0 Å². The highest BCUT2D eigenvalue weighted by Gasteiger charge is 2.11. The van der Waals surface area contributed by atoms with E-state index in [1.165, 1.54) is 18.9 Å². The lowest BCUT2D eigenvalue weighted by atomic mass is 10.2. The summed E-state index contributed by atoms with van der Waals surface area (Å²) in [4.78, 5) is 23.9. The molecule has 0 radical (unpaired) electrons. The van der Waals surface area contributed by atoms with Crippen molar-refractivity contribution in [3.63, 3.8) is 0 Å². The molecule has 1 aromatic carbocycles. The van der Waals surface area contributed by atoms with Gasteiger partial charge in [-0.3, -0.25) is 9.79 Å². The zero-order valence-corrected chi connectivity index (χ0v) is 15.1. The molecule has 1 atom stereocenters. The maximum atomic E-state index is 12.3. The second kappa shape index (κ2) is 8.05. The van der Waals surface area contributed by atoms with E-state index in [1.54, 1.807) is 19.2 Å². The summed E-state index contributed by atoms with van der Waals surface area (Å²) < 4.78 is 10.5. The molecular formula is C16H22N4O3S. The third kappa shape index (κ3) is 4.19. The molecule has 0 saturated carbocycles. The molecule has 0 aliphatic rings. The summed E-state index contributed by atoms with van der Waals surface area (Å²) in [6, 6.07) is 3.49. The first-order valence-electron chi connectivity index (χ1n) is 7.59. The van der Waals surface area contributed by atoms with Crippen LogP contribution in [0, 0.1) is 0 Å². The second-order valence-corrected chi connectivity index (χ2v) is 6.25. The molecule has 24 heavy (non-hydrogen) atoms. The highest BCUT2D eigenvalue weighted by atomic mass is 32.2. The van der Waals surface area contributed by atoms with Crippen molar-refractivity contribution in [2.24, 2.45) is 10.7 Å². The Labute approximate surface area is 144 Å². The standard InChI is InChI=1S/C16H22N4O3S/c1-5-9(2)18-16(17)24-8-14-19-11-7-13(23-4)12(22-3)6-10(11)15(21)20-14/h6-7,9H,5,8H2,1-4H3,(H2,17,18)(H,19,20,21)/t9-/m0/s1. The number of aliphatic imine (C=N–C) groups is 1. The van der Waals surface area contributed by atoms with Crippen molar-refractivity contribution in [1.82, 2.24) is 9.97 Å². The molecule has 1 aromatic heterocycles. The van der Waals surface area contributed by atoms with Crippen LogP contribution in [0.3, 0.4) is 0 Å². The highest BCUT2D eigenvalue weighted by molar-refractivity contribution is 8.13. The van der Waals surface area contributed by atoms with Gasteiger partial charge in [0.15, 0.2) is 16.7 Å². The Morgan fingerprint density at radius 2 is 2.04 bits per heavy atom. The van der Waals surface area contributed by atoms with Crippen molar-refractivity contribution in [1.29, 1.82) is 0 Å². The Bertz CT molecular complexity index is 804. The topological polar surface area (TPSA) is 103 Å². The minimum atomic E-state index is -0.228. The van der Waals surface area contributed by atoms with Gasteiger partial charge >= 0.3 is 0 Å². The lowest BCUT2D eigenvalue weighted by Gasteiger charge is -2.09. The SMILES string of the molecule is CC[C@H](C)N=C(N)SCc1nc2cc(OC)c(OC)cc2c(=O)[nH]1. The van der Waals surface area contributed by atoms with Gasteiger partial charge in [-0.25, -0.2) is 4.98 Å². The number of H-pyrrole nitrogens is 1. The summed E-state index contributed by atoms with van der Waals surface area (Å²) in [5.74, 6) is 1.99. The maximum absolute atomic E-state index is 12.3. The number of hydrogen-bond acceptors (Lipinski definition) is 6. The molecular weight excluding hydrogens is 328 g/mol. The van der Waals surface area contributed by atoms with Gasteiger partial charge < -0.3 is 20.2 Å². The van der Waals surface area contributed by atoms with Crippen LogP contribution in [-0.4, -0.2) is 35.4 Å². The van der Waals surface area contributed by atoms with Crippen molar-refractivity contribution < 1.29 is 9.47 Å². The molecule has 8 heteroatoms. The Hall–Kier alpha value is -2.22. The number of methoxy groups -OCH3 is 2. The quantitative estimate of drug-likeness (QED) is 0.612. The van der Waals surface area contributed by atoms with Gasteiger partial charge in [-0.05, 0) is 19.4 Å². The summed E-state index contributed by atoms with van der Waals surface area (Å²) in [6.07, 6.45) is 0.925. The lowest BCUT2D eigenvalue weighted by Crippen LogP contribution is -2.14. The maximum Gasteiger partial charge on any atom is 0.258 e. The average molecular weight is 350 g/mol. The number of benzene rings is 1. The summed E-state index contributed by atoms with van der Waals surface area (Å²) >= 11 is 1.35. The fourth-order valence-electron chi connectivity index (χ4n) is 2.07. The van der Waals surface area contributed by atoms with Crippen LogP contribution in [0.4, 0.5) is 0 Å². The minimum absolute atomic E-state index is 0.179. The van der Waals surface area contributed by atoms with E-state index < -0.39 is 0 Å². The summed E-state index contributed by atoms with van der Waals surface area (Å²) in [5, 5.41) is 0.932. The summed E-state index contributed by atoms with van der Waals surface area (Å²) in [6.45, 7) is 4.05. The van der Waals surface area contributed by atoms with Crippen LogP contribution < -0.4 is 20.8 Å². The van der Waals surface area contributed by atoms with Crippen LogP contribution in [-0.2, 0) is 5.75 Å². The van der Waals surface area contributed by atoms with Gasteiger partial charge in [0.1, 0.15) is 5.82 Å². The van der Waals surface area contributed by atoms with E-state index in [9.17, 15) is 4.79 Å². The first-order valence-corrected chi connectivity index (χ1v) is 8.58. The smallest absolute Gasteiger partial charge is 0.258 e. The molecule has 7 nitrogen and oxygen atoms in total. The number of thioether (sulfide) groups is 1. The largest absolute Gasteiger partial charge is 0.493 e. The summed E-state index contributed by atoms with van der Waals surface area (Å²) in [5.41, 5.74) is 6.21. The van der Waals surface area contributed by atoms with Crippen LogP contribution in [0.1, 0.15) is 26.1 Å². The predicted octanol–water partition coefficient (Wildman–Crippen LogP) is 2.29. The number of nitrogens with zero attached hydrogens (tertiary/aromatic N) is 2. The average Bonchev–Trinajstić information content (AvgIpc) is 2.58. The van der Waals surface area contributed by atoms with Gasteiger partial charge in [0, 0.05) is 12.1 Å². The molecule has 0 unspecified atom stereocenters. The van der Waals surface area contributed by atoms with E-state index in [1.807, 2.05) is 6.92 Å². The number of aromatic amines is 1. The first kappa shape index (κ1) is 18.1. The van der Waals surface area contributed by atoms with Crippen LogP contribution in [0.25, 0.3) is 10.9 Å². The molecule has 0 saturated heterocycles. The molecule has 2 rings (SSSR count). The Balaban J connectivity index is 2.30. The van der Waals surface area contributed by atoms with E-state index in [2.05, 4.69) is 21.9 Å². The summed E-state index contributed by atoms with van der Waals surface area (Å²) in [7, 11) is 3.06. The van der Waals surface area contributed by atoms with Crippen molar-refractivity contribution in [3.05, 3.63) is 28.3 Å². The Morgan fingerprint density at radius 1 is 1.38 bits per heavy atom. The molecule has 0 aliphatic heterocycles. The number of rotatable bonds is 6. The number of aromatic nitrogens is 2. The minimum Gasteiger partial charge on any atom is -0.493 e. The fourth-order valence-corrected chi connectivity index (χ4v) is 2.75. The Kier molecular flexibility index (Phi) is 6.08. The first-order chi connectivity index (χ1) is 11.5. The number of ether oxygens (including phenoxy) is 2. The number of nitrogens with one attached hydrogen (secondary N) is 1. The van der Waals surface area contributed by atoms with Gasteiger partial charge in [-0.2, -0.15) is 0 Å². The predicted molar refractivity (Wildman–Crippen MR) is 98.1 cm³/mol. The van der Waals surface area contributed by atoms with Gasteiger partial charge in [-0.15, -0.1) is 0 Å². The zero-order chi connectivity index (χ0) is 17.7. The normalized spacial score (nSPS) is 13.1. The van der Waals surface area contributed by atoms with Gasteiger partial charge in [0.05, 0.1) is 30.9 Å². The van der Waals surface area contributed by atoms with Gasteiger partial charge in [-0.1, -0.05) is 18.7 Å². The van der Waals surface area contributed by atoms with Crippen molar-refractivity contribution >= 4 is 27.8 Å². The molecule has 0 fully saturated rings. The Morgan fingerprint density at radius 3 is 2.67 bits per heavy atom. The van der Waals surface area contributed by atoms with E-state index in [4.69, 9.17) is 15.2 Å². The number of nitrogens with two attached hydrogens (primary N) is 1. The zero-order valence-electron chi connectivity index (χ0n) is 14.3. The molecule has 130 valence electrons. The van der Waals surface area contributed by atoms with Crippen molar-refractivity contribution in [2.45, 2.75) is 32.1 Å². The number of fused-ring (bicyclic) bond motifs is 1. The van der Waals surface area contributed by atoms with Gasteiger partial charge in [0.25, 0.3) is 5.56 Å². The van der Waals surface area contributed by atoms with E-state index in [0.29, 0.717) is 39.1 Å². The van der Waals surface area contributed by atoms with Crippen molar-refractivity contribution in [2.75, 3.05) is 14.2 Å². The molecule has 0 aliphatic carbocycles. The number of amidine groups is 1. The second-order valence-electron chi connectivity index (χ2n) is 5.25. The van der Waals surface area contributed by atoms with Crippen LogP contribution in [0.15, 0.2) is 21.9 Å². The fraction of sp³-hybridized carbons (Fsp3) is 0.438.